The van der Waals surface area contributed by atoms with E-state index in [1.54, 1.807) is 22.3 Å². The molecule has 2 saturated heterocycles. The molecule has 2 amide bonds. The molecule has 31 heavy (non-hydrogen) atoms. The summed E-state index contributed by atoms with van der Waals surface area (Å²) in [5, 5.41) is 18.6. The second-order valence-corrected chi connectivity index (χ2v) is 8.24. The lowest BCUT2D eigenvalue weighted by molar-refractivity contribution is 0.169. The summed E-state index contributed by atoms with van der Waals surface area (Å²) < 4.78 is 28.2. The van der Waals surface area contributed by atoms with E-state index < -0.39 is 29.9 Å². The Bertz CT molecular complexity index is 967. The second kappa shape index (κ2) is 7.92. The van der Waals surface area contributed by atoms with Gasteiger partial charge in [-0.2, -0.15) is 5.10 Å². The second-order valence-electron chi connectivity index (χ2n) is 8.24. The number of nitrogens with zero attached hydrogens (tertiary/aromatic N) is 5. The number of nitrogens with one attached hydrogen (secondary N) is 1. The van der Waals surface area contributed by atoms with Gasteiger partial charge in [-0.15, -0.1) is 0 Å². The molecule has 10 heteroatoms. The number of urea groups is 1. The number of likely N-dealkylation sites (tertiary alicyclic amines) is 2. The number of rotatable bonds is 2. The molecule has 4 aliphatic rings. The third-order valence-electron chi connectivity index (χ3n) is 6.20. The summed E-state index contributed by atoms with van der Waals surface area (Å²) in [7, 11) is 0. The summed E-state index contributed by atoms with van der Waals surface area (Å²) in [5.41, 5.74) is 0.330. The van der Waals surface area contributed by atoms with Crippen LogP contribution in [-0.4, -0.2) is 75.9 Å². The van der Waals surface area contributed by atoms with Crippen LogP contribution in [0.1, 0.15) is 30.9 Å². The van der Waals surface area contributed by atoms with E-state index in [1.165, 1.54) is 6.07 Å². The van der Waals surface area contributed by atoms with Crippen LogP contribution in [-0.2, 0) is 0 Å². The van der Waals surface area contributed by atoms with Crippen molar-refractivity contribution in [3.05, 3.63) is 47.7 Å². The Morgan fingerprint density at radius 1 is 1.23 bits per heavy atom. The van der Waals surface area contributed by atoms with Crippen LogP contribution in [0.25, 0.3) is 0 Å². The SMILES string of the molecule is O=C(NC1C=NN2C=CC(N3CCC[C@@H]3c3cc(F)ccc3F)=NC12)N1CC[C@H](O)C1. The van der Waals surface area contributed by atoms with Gasteiger partial charge in [0.2, 0.25) is 0 Å². The highest BCUT2D eigenvalue weighted by Crippen LogP contribution is 2.35. The fraction of sp³-hybridized carbons (Fsp3) is 0.476. The number of amides is 2. The molecule has 4 heterocycles. The van der Waals surface area contributed by atoms with E-state index in [4.69, 9.17) is 4.99 Å². The average Bonchev–Trinajstić information content (AvgIpc) is 3.49. The lowest BCUT2D eigenvalue weighted by Gasteiger charge is -2.32. The third kappa shape index (κ3) is 3.76. The number of hydrogen-bond donors (Lipinski definition) is 2. The highest BCUT2D eigenvalue weighted by molar-refractivity contribution is 5.95. The summed E-state index contributed by atoms with van der Waals surface area (Å²) in [6.07, 6.45) is 6.41. The Morgan fingerprint density at radius 2 is 2.10 bits per heavy atom. The van der Waals surface area contributed by atoms with Gasteiger partial charge in [-0.25, -0.2) is 23.6 Å². The zero-order valence-electron chi connectivity index (χ0n) is 16.9. The van der Waals surface area contributed by atoms with Crippen molar-refractivity contribution in [3.8, 4) is 0 Å². The molecule has 8 nitrogen and oxygen atoms in total. The molecule has 0 aromatic heterocycles. The van der Waals surface area contributed by atoms with Gasteiger partial charge in [-0.05, 0) is 43.5 Å². The maximum Gasteiger partial charge on any atom is 0.318 e. The van der Waals surface area contributed by atoms with Crippen molar-refractivity contribution in [3.63, 3.8) is 0 Å². The van der Waals surface area contributed by atoms with E-state index in [1.807, 2.05) is 11.0 Å². The van der Waals surface area contributed by atoms with E-state index in [0.717, 1.165) is 18.6 Å². The predicted molar refractivity (Wildman–Crippen MR) is 110 cm³/mol. The van der Waals surface area contributed by atoms with E-state index in [9.17, 15) is 18.7 Å². The van der Waals surface area contributed by atoms with Crippen LogP contribution in [0.5, 0.6) is 0 Å². The van der Waals surface area contributed by atoms with Crippen LogP contribution in [0, 0.1) is 11.6 Å². The quantitative estimate of drug-likeness (QED) is 0.750. The highest BCUT2D eigenvalue weighted by Gasteiger charge is 2.37. The van der Waals surface area contributed by atoms with Gasteiger partial charge in [0.25, 0.3) is 0 Å². The Morgan fingerprint density at radius 3 is 2.90 bits per heavy atom. The normalized spacial score (nSPS) is 29.5. The number of aliphatic hydroxyl groups is 1. The number of benzene rings is 1. The van der Waals surface area contributed by atoms with Crippen molar-refractivity contribution < 1.29 is 18.7 Å². The van der Waals surface area contributed by atoms with Gasteiger partial charge >= 0.3 is 6.03 Å². The first kappa shape index (κ1) is 19.9. The molecule has 0 aliphatic carbocycles. The molecule has 5 rings (SSSR count). The maximum absolute atomic E-state index is 14.4. The molecule has 4 aliphatic heterocycles. The average molecular weight is 430 g/mol. The Hall–Kier alpha value is -3.01. The predicted octanol–water partition coefficient (Wildman–Crippen LogP) is 1.80. The highest BCUT2D eigenvalue weighted by atomic mass is 19.1. The van der Waals surface area contributed by atoms with Crippen molar-refractivity contribution >= 4 is 18.1 Å². The topological polar surface area (TPSA) is 83.8 Å². The molecule has 1 aromatic carbocycles. The molecule has 2 fully saturated rings. The van der Waals surface area contributed by atoms with E-state index >= 15 is 0 Å². The van der Waals surface area contributed by atoms with Crippen LogP contribution >= 0.6 is 0 Å². The largest absolute Gasteiger partial charge is 0.391 e. The van der Waals surface area contributed by atoms with E-state index in [0.29, 0.717) is 43.9 Å². The monoisotopic (exact) mass is 430 g/mol. The van der Waals surface area contributed by atoms with Crippen LogP contribution in [0.4, 0.5) is 13.6 Å². The summed E-state index contributed by atoms with van der Waals surface area (Å²) in [4.78, 5) is 20.9. The number of carbonyl (C=O) groups is 1. The number of carbonyl (C=O) groups excluding carboxylic acids is 1. The number of fused-ring (bicyclic) bond motifs is 1. The van der Waals surface area contributed by atoms with Crippen molar-refractivity contribution in [2.75, 3.05) is 19.6 Å². The standard InChI is InChI=1S/C21H24F2N6O2/c22-13-3-4-16(23)15(10-13)18-2-1-7-28(18)19-6-9-29-20(26-19)17(11-24-29)25-21(31)27-8-5-14(30)12-27/h3-4,6,9-11,14,17-18,20,30H,1-2,5,7-8,12H2,(H,25,31)/t14-,17?,18+,20?/m0/s1. The van der Waals surface area contributed by atoms with Crippen molar-refractivity contribution in [1.29, 1.82) is 0 Å². The molecular formula is C21H24F2N6O2. The minimum Gasteiger partial charge on any atom is -0.391 e. The van der Waals surface area contributed by atoms with Gasteiger partial charge in [0, 0.05) is 31.4 Å². The zero-order chi connectivity index (χ0) is 21.5. The van der Waals surface area contributed by atoms with Gasteiger partial charge in [-0.3, -0.25) is 0 Å². The van der Waals surface area contributed by atoms with Gasteiger partial charge in [0.15, 0.2) is 6.17 Å². The fourth-order valence-electron chi connectivity index (χ4n) is 4.62. The summed E-state index contributed by atoms with van der Waals surface area (Å²) in [5.74, 6) is -0.231. The van der Waals surface area contributed by atoms with Crippen molar-refractivity contribution in [1.82, 2.24) is 20.1 Å². The number of halogens is 2. The zero-order valence-corrected chi connectivity index (χ0v) is 16.9. The minimum atomic E-state index is -0.489. The minimum absolute atomic E-state index is 0.262. The van der Waals surface area contributed by atoms with Crippen LogP contribution in [0.2, 0.25) is 0 Å². The summed E-state index contributed by atoms with van der Waals surface area (Å²) >= 11 is 0. The van der Waals surface area contributed by atoms with Gasteiger partial charge in [0.05, 0.1) is 18.4 Å². The smallest absolute Gasteiger partial charge is 0.318 e. The Labute approximate surface area is 178 Å². The number of amidine groups is 1. The number of aliphatic imine (C=N–C) groups is 1. The number of β-amino-alcohol motifs (C(OH)–C–C–N with tert-alkyl or cyclic N) is 1. The van der Waals surface area contributed by atoms with Gasteiger partial charge in [-0.1, -0.05) is 0 Å². The van der Waals surface area contributed by atoms with Crippen LogP contribution in [0.3, 0.4) is 0 Å². The van der Waals surface area contributed by atoms with Gasteiger partial charge < -0.3 is 20.2 Å². The van der Waals surface area contributed by atoms with E-state index in [-0.39, 0.29) is 12.1 Å². The summed E-state index contributed by atoms with van der Waals surface area (Å²) in [6, 6.07) is 2.54. The first-order valence-corrected chi connectivity index (χ1v) is 10.5. The lowest BCUT2D eigenvalue weighted by Crippen LogP contribution is -2.51. The van der Waals surface area contributed by atoms with Crippen LogP contribution < -0.4 is 5.32 Å². The van der Waals surface area contributed by atoms with Gasteiger partial charge in [0.1, 0.15) is 23.5 Å². The first-order chi connectivity index (χ1) is 15.0. The first-order valence-electron chi connectivity index (χ1n) is 10.5. The Balaban J connectivity index is 1.33. The van der Waals surface area contributed by atoms with Crippen LogP contribution in [0.15, 0.2) is 40.6 Å². The molecule has 0 bridgehead atoms. The molecule has 0 saturated carbocycles. The molecule has 2 N–H and O–H groups in total. The summed E-state index contributed by atoms with van der Waals surface area (Å²) in [6.45, 7) is 1.50. The molecule has 4 atom stereocenters. The van der Waals surface area contributed by atoms with E-state index in [2.05, 4.69) is 10.4 Å². The molecular weight excluding hydrogens is 406 g/mol. The molecule has 0 spiro atoms. The maximum atomic E-state index is 14.4. The van der Waals surface area contributed by atoms with Crippen molar-refractivity contribution in [2.24, 2.45) is 10.1 Å². The number of hydrazone groups is 1. The molecule has 164 valence electrons. The third-order valence-corrected chi connectivity index (χ3v) is 6.20. The molecule has 0 radical (unpaired) electrons. The molecule has 2 unspecified atom stereocenters. The Kier molecular flexibility index (Phi) is 5.09. The van der Waals surface area contributed by atoms with Crippen molar-refractivity contribution in [2.45, 2.75) is 43.6 Å². The fourth-order valence-corrected chi connectivity index (χ4v) is 4.62. The lowest BCUT2D eigenvalue weighted by atomic mass is 10.0. The number of aliphatic hydroxyl groups excluding tert-OH is 1. The number of hydrogen-bond acceptors (Lipinski definition) is 6. The molecule has 1 aromatic rings.